The van der Waals surface area contributed by atoms with Crippen LogP contribution in [0.1, 0.15) is 27.2 Å². The van der Waals surface area contributed by atoms with Gasteiger partial charge in [0.15, 0.2) is 17.4 Å². The van der Waals surface area contributed by atoms with Crippen molar-refractivity contribution in [2.45, 2.75) is 13.8 Å². The number of nitrogens with two attached hydrogens (primary N) is 1. The summed E-state index contributed by atoms with van der Waals surface area (Å²) >= 11 is 0. The van der Waals surface area contributed by atoms with Gasteiger partial charge in [-0.2, -0.15) is 5.10 Å². The predicted octanol–water partition coefficient (Wildman–Crippen LogP) is 5.23. The number of carbonyl (C=O) groups excluding carboxylic acids is 1. The molecule has 0 aliphatic heterocycles. The lowest BCUT2D eigenvalue weighted by molar-refractivity contribution is 0.103. The number of sulfonamides is 1. The normalized spacial score (nSPS) is 11.6. The molecule has 0 amide bonds. The second-order valence-electron chi connectivity index (χ2n) is 9.10. The quantitative estimate of drug-likeness (QED) is 0.238. The van der Waals surface area contributed by atoms with Gasteiger partial charge in [0.25, 0.3) is 0 Å². The summed E-state index contributed by atoms with van der Waals surface area (Å²) in [6.45, 7) is 3.40. The van der Waals surface area contributed by atoms with Crippen molar-refractivity contribution in [3.05, 3.63) is 94.8 Å². The van der Waals surface area contributed by atoms with Crippen LogP contribution in [0.5, 0.6) is 11.5 Å². The third kappa shape index (κ3) is 5.06. The molecule has 0 bridgehead atoms. The minimum absolute atomic E-state index is 0.0197. The Hall–Kier alpha value is -4.71. The zero-order chi connectivity index (χ0) is 28.1. The zero-order valence-electron chi connectivity index (χ0n) is 21.0. The number of hydrogen-bond donors (Lipinski definition) is 3. The predicted molar refractivity (Wildman–Crippen MR) is 144 cm³/mol. The van der Waals surface area contributed by atoms with E-state index in [0.29, 0.717) is 27.7 Å². The number of nitrogens with zero attached hydrogens (tertiary/aromatic N) is 2. The molecule has 0 aliphatic carbocycles. The molecule has 0 atom stereocenters. The number of aromatic nitrogens is 3. The maximum absolute atomic E-state index is 15.1. The maximum Gasteiger partial charge on any atom is 0.229 e. The molecular weight excluding hydrogens is 528 g/mol. The molecule has 12 heteroatoms. The van der Waals surface area contributed by atoms with Crippen LogP contribution in [0.15, 0.2) is 60.8 Å². The number of carbonyl (C=O) groups is 1. The molecule has 0 saturated heterocycles. The van der Waals surface area contributed by atoms with Gasteiger partial charge in [0.05, 0.1) is 29.4 Å². The van der Waals surface area contributed by atoms with Crippen LogP contribution < -0.4 is 15.2 Å². The monoisotopic (exact) mass is 551 g/mol. The molecule has 0 unspecified atom stereocenters. The summed E-state index contributed by atoms with van der Waals surface area (Å²) in [5, 5.41) is 4.81. The maximum atomic E-state index is 15.1. The van der Waals surface area contributed by atoms with Gasteiger partial charge in [0.2, 0.25) is 15.8 Å². The number of H-pyrrole nitrogens is 1. The number of aryl methyl sites for hydroxylation is 2. The Kier molecular flexibility index (Phi) is 6.35. The highest BCUT2D eigenvalue weighted by molar-refractivity contribution is 7.92. The molecule has 9 nitrogen and oxygen atoms in total. The van der Waals surface area contributed by atoms with Crippen molar-refractivity contribution in [3.63, 3.8) is 0 Å². The van der Waals surface area contributed by atoms with E-state index >= 15 is 4.39 Å². The van der Waals surface area contributed by atoms with Gasteiger partial charge in [-0.3, -0.25) is 9.52 Å². The van der Waals surface area contributed by atoms with E-state index in [2.05, 4.69) is 14.8 Å². The Bertz CT molecular complexity index is 1880. The number of aromatic amines is 1. The van der Waals surface area contributed by atoms with E-state index < -0.39 is 27.4 Å². The standard InChI is InChI=1S/C27H23F2N5O4S/c1-14-8-16-10-22(32-21(16)12-20(14)33-39(3,36)37)26(35)17-13-31-34(27(17)30)23-9-15(2)25(11-19(23)29)38-24-7-5-4-6-18(24)28/h4-13,32-33H,30H2,1-3H3. The second kappa shape index (κ2) is 9.55. The van der Waals surface area contributed by atoms with Crippen LogP contribution in [0.25, 0.3) is 16.6 Å². The Morgan fingerprint density at radius 1 is 1.03 bits per heavy atom. The lowest BCUT2D eigenvalue weighted by Gasteiger charge is -2.13. The van der Waals surface area contributed by atoms with E-state index in [1.54, 1.807) is 38.1 Å². The van der Waals surface area contributed by atoms with Gasteiger partial charge in [-0.1, -0.05) is 12.1 Å². The molecule has 39 heavy (non-hydrogen) atoms. The molecule has 5 aromatic rings. The Morgan fingerprint density at radius 3 is 2.49 bits per heavy atom. The highest BCUT2D eigenvalue weighted by atomic mass is 32.2. The number of ether oxygens (including phenoxy) is 1. The second-order valence-corrected chi connectivity index (χ2v) is 10.8. The van der Waals surface area contributed by atoms with E-state index in [1.165, 1.54) is 30.5 Å². The van der Waals surface area contributed by atoms with Gasteiger partial charge in [-0.15, -0.1) is 0 Å². The third-order valence-electron chi connectivity index (χ3n) is 6.09. The van der Waals surface area contributed by atoms with Gasteiger partial charge < -0.3 is 15.5 Å². The first kappa shape index (κ1) is 25.9. The number of anilines is 2. The van der Waals surface area contributed by atoms with Crippen LogP contribution in [0.4, 0.5) is 20.3 Å². The molecular formula is C27H23F2N5O4S. The summed E-state index contributed by atoms with van der Waals surface area (Å²) < 4.78 is 61.5. The number of ketones is 1. The first-order valence-corrected chi connectivity index (χ1v) is 13.5. The van der Waals surface area contributed by atoms with Gasteiger partial charge >= 0.3 is 0 Å². The molecule has 0 spiro atoms. The van der Waals surface area contributed by atoms with Crippen LogP contribution in [-0.4, -0.2) is 35.2 Å². The molecule has 0 radical (unpaired) electrons. The number of para-hydroxylation sites is 1. The van der Waals surface area contributed by atoms with Gasteiger partial charge in [0, 0.05) is 17.0 Å². The number of hydrogen-bond acceptors (Lipinski definition) is 6. The molecule has 0 saturated carbocycles. The van der Waals surface area contributed by atoms with Crippen molar-refractivity contribution in [2.75, 3.05) is 16.7 Å². The minimum atomic E-state index is -3.49. The lowest BCUT2D eigenvalue weighted by Crippen LogP contribution is -2.10. The first-order chi connectivity index (χ1) is 18.4. The molecule has 2 heterocycles. The summed E-state index contributed by atoms with van der Waals surface area (Å²) in [5.74, 6) is -1.84. The highest BCUT2D eigenvalue weighted by Crippen LogP contribution is 2.32. The molecule has 5 rings (SSSR count). The molecule has 0 fully saturated rings. The van der Waals surface area contributed by atoms with Gasteiger partial charge in [-0.05, 0) is 61.4 Å². The number of nitrogens with one attached hydrogen (secondary N) is 2. The summed E-state index contributed by atoms with van der Waals surface area (Å²) in [5.41, 5.74) is 8.52. The summed E-state index contributed by atoms with van der Waals surface area (Å²) in [4.78, 5) is 16.3. The fourth-order valence-electron chi connectivity index (χ4n) is 4.16. The lowest BCUT2D eigenvalue weighted by atomic mass is 10.1. The van der Waals surface area contributed by atoms with E-state index in [1.807, 2.05) is 0 Å². The zero-order valence-corrected chi connectivity index (χ0v) is 21.9. The molecule has 2 aromatic heterocycles. The average molecular weight is 552 g/mol. The van der Waals surface area contributed by atoms with E-state index in [-0.39, 0.29) is 34.3 Å². The fourth-order valence-corrected chi connectivity index (χ4v) is 4.78. The van der Waals surface area contributed by atoms with Crippen molar-refractivity contribution in [1.82, 2.24) is 14.8 Å². The molecule has 0 aliphatic rings. The van der Waals surface area contributed by atoms with E-state index in [4.69, 9.17) is 10.5 Å². The van der Waals surface area contributed by atoms with Crippen LogP contribution in [0.2, 0.25) is 0 Å². The topological polar surface area (TPSA) is 132 Å². The Labute approximate surface area is 222 Å². The third-order valence-corrected chi connectivity index (χ3v) is 6.68. The average Bonchev–Trinajstić information content (AvgIpc) is 3.44. The van der Waals surface area contributed by atoms with Crippen molar-refractivity contribution in [3.8, 4) is 17.2 Å². The minimum Gasteiger partial charge on any atom is -0.454 e. The van der Waals surface area contributed by atoms with Crippen molar-refractivity contribution in [2.24, 2.45) is 0 Å². The first-order valence-electron chi connectivity index (χ1n) is 11.6. The van der Waals surface area contributed by atoms with Gasteiger partial charge in [-0.25, -0.2) is 21.9 Å². The highest BCUT2D eigenvalue weighted by Gasteiger charge is 2.22. The van der Waals surface area contributed by atoms with Crippen LogP contribution >= 0.6 is 0 Å². The fraction of sp³-hybridized carbons (Fsp3) is 0.111. The molecule has 4 N–H and O–H groups in total. The number of benzene rings is 3. The smallest absolute Gasteiger partial charge is 0.229 e. The molecule has 3 aromatic carbocycles. The summed E-state index contributed by atoms with van der Waals surface area (Å²) in [7, 11) is -3.49. The van der Waals surface area contributed by atoms with Crippen molar-refractivity contribution in [1.29, 1.82) is 0 Å². The number of nitrogen functional groups attached to an aromatic ring is 1. The number of fused-ring (bicyclic) bond motifs is 1. The van der Waals surface area contributed by atoms with Crippen LogP contribution in [0.3, 0.4) is 0 Å². The van der Waals surface area contributed by atoms with Crippen molar-refractivity contribution >= 4 is 38.2 Å². The van der Waals surface area contributed by atoms with Crippen LogP contribution in [-0.2, 0) is 10.0 Å². The Balaban J connectivity index is 1.46. The SMILES string of the molecule is Cc1cc2cc(C(=O)c3cnn(-c4cc(C)c(Oc5ccccc5F)cc4F)c3N)[nH]c2cc1NS(C)(=O)=O. The Morgan fingerprint density at radius 2 is 1.77 bits per heavy atom. The van der Waals surface area contributed by atoms with Crippen molar-refractivity contribution < 1.29 is 26.7 Å². The van der Waals surface area contributed by atoms with E-state index in [0.717, 1.165) is 17.0 Å². The summed E-state index contributed by atoms with van der Waals surface area (Å²) in [6, 6.07) is 13.3. The molecule has 200 valence electrons. The largest absolute Gasteiger partial charge is 0.454 e. The van der Waals surface area contributed by atoms with Gasteiger partial charge in [0.1, 0.15) is 17.3 Å². The number of halogens is 2. The number of rotatable bonds is 7. The van der Waals surface area contributed by atoms with Crippen LogP contribution in [0, 0.1) is 25.5 Å². The summed E-state index contributed by atoms with van der Waals surface area (Å²) in [6.07, 6.45) is 2.29. The van der Waals surface area contributed by atoms with E-state index in [9.17, 15) is 17.6 Å².